The highest BCUT2D eigenvalue weighted by Gasteiger charge is 2.19. The van der Waals surface area contributed by atoms with Crippen LogP contribution in [0.5, 0.6) is 0 Å². The summed E-state index contributed by atoms with van der Waals surface area (Å²) in [4.78, 5) is 23.5. The number of halogens is 2. The molecule has 0 unspecified atom stereocenters. The Morgan fingerprint density at radius 1 is 1.37 bits per heavy atom. The maximum Gasteiger partial charge on any atom is 0.362 e. The minimum atomic E-state index is -1.16. The van der Waals surface area contributed by atoms with Crippen molar-refractivity contribution in [1.29, 1.82) is 0 Å². The Morgan fingerprint density at radius 2 is 2.00 bits per heavy atom. The zero-order valence-electron chi connectivity index (χ0n) is 10.2. The van der Waals surface area contributed by atoms with E-state index in [4.69, 9.17) is 0 Å². The first-order chi connectivity index (χ1) is 8.95. The lowest BCUT2D eigenvalue weighted by Gasteiger charge is -2.07. The molecule has 0 aliphatic rings. The molecule has 0 saturated heterocycles. The number of fused-ring (bicyclic) bond motifs is 1. The van der Waals surface area contributed by atoms with Gasteiger partial charge in [0.05, 0.1) is 17.5 Å². The summed E-state index contributed by atoms with van der Waals surface area (Å²) in [6.07, 6.45) is 0. The molecule has 1 aromatic heterocycles. The molecule has 0 N–H and O–H groups in total. The smallest absolute Gasteiger partial charge is 0.362 e. The molecule has 0 bridgehead atoms. The summed E-state index contributed by atoms with van der Waals surface area (Å²) in [5.41, 5.74) is -1.15. The van der Waals surface area contributed by atoms with Gasteiger partial charge in [0.1, 0.15) is 0 Å². The van der Waals surface area contributed by atoms with Crippen LogP contribution in [0.2, 0.25) is 0 Å². The molecule has 19 heavy (non-hydrogen) atoms. The Morgan fingerprint density at radius 3 is 2.63 bits per heavy atom. The third-order valence-electron chi connectivity index (χ3n) is 2.57. The number of ether oxygens (including phenoxy) is 1. The van der Waals surface area contributed by atoms with Crippen LogP contribution in [-0.2, 0) is 11.8 Å². The van der Waals surface area contributed by atoms with Crippen LogP contribution in [0.25, 0.3) is 10.9 Å². The van der Waals surface area contributed by atoms with E-state index in [1.807, 2.05) is 0 Å². The molecule has 0 aliphatic carbocycles. The zero-order chi connectivity index (χ0) is 14.2. The predicted octanol–water partition coefficient (Wildman–Crippen LogP) is 1.39. The van der Waals surface area contributed by atoms with E-state index in [9.17, 15) is 18.4 Å². The van der Waals surface area contributed by atoms with Crippen molar-refractivity contribution in [2.24, 2.45) is 7.05 Å². The zero-order valence-corrected chi connectivity index (χ0v) is 10.2. The van der Waals surface area contributed by atoms with Crippen LogP contribution in [-0.4, -0.2) is 22.4 Å². The molecule has 5 nitrogen and oxygen atoms in total. The van der Waals surface area contributed by atoms with Crippen molar-refractivity contribution in [3.05, 3.63) is 39.7 Å². The maximum absolute atomic E-state index is 13.2. The summed E-state index contributed by atoms with van der Waals surface area (Å²) in [5.74, 6) is -3.14. The summed E-state index contributed by atoms with van der Waals surface area (Å²) >= 11 is 0. The van der Waals surface area contributed by atoms with Crippen LogP contribution >= 0.6 is 0 Å². The van der Waals surface area contributed by atoms with Crippen molar-refractivity contribution in [3.63, 3.8) is 0 Å². The van der Waals surface area contributed by atoms with Gasteiger partial charge >= 0.3 is 5.97 Å². The second kappa shape index (κ2) is 4.75. The molecule has 0 spiro atoms. The van der Waals surface area contributed by atoms with E-state index in [2.05, 4.69) is 9.84 Å². The summed E-state index contributed by atoms with van der Waals surface area (Å²) in [7, 11) is 1.42. The van der Waals surface area contributed by atoms with Crippen LogP contribution in [0.1, 0.15) is 17.4 Å². The van der Waals surface area contributed by atoms with Crippen LogP contribution in [0.15, 0.2) is 16.9 Å². The van der Waals surface area contributed by atoms with Gasteiger partial charge in [-0.25, -0.2) is 13.6 Å². The van der Waals surface area contributed by atoms with Gasteiger partial charge in [-0.05, 0) is 13.0 Å². The first kappa shape index (κ1) is 13.1. The lowest BCUT2D eigenvalue weighted by Crippen LogP contribution is -2.24. The van der Waals surface area contributed by atoms with Gasteiger partial charge in [-0.1, -0.05) is 0 Å². The second-order valence-electron chi connectivity index (χ2n) is 3.81. The van der Waals surface area contributed by atoms with Crippen molar-refractivity contribution in [2.45, 2.75) is 6.92 Å². The van der Waals surface area contributed by atoms with E-state index >= 15 is 0 Å². The van der Waals surface area contributed by atoms with Gasteiger partial charge in [-0.2, -0.15) is 5.10 Å². The molecule has 0 radical (unpaired) electrons. The number of aromatic nitrogens is 2. The van der Waals surface area contributed by atoms with E-state index in [-0.39, 0.29) is 17.5 Å². The number of hydrogen-bond donors (Lipinski definition) is 0. The molecule has 2 rings (SSSR count). The van der Waals surface area contributed by atoms with Crippen molar-refractivity contribution in [3.8, 4) is 0 Å². The molecule has 7 heteroatoms. The van der Waals surface area contributed by atoms with Crippen molar-refractivity contribution in [1.82, 2.24) is 9.78 Å². The molecule has 0 atom stereocenters. The molecule has 0 fully saturated rings. The first-order valence-electron chi connectivity index (χ1n) is 5.49. The predicted molar refractivity (Wildman–Crippen MR) is 62.9 cm³/mol. The fourth-order valence-electron chi connectivity index (χ4n) is 1.70. The third kappa shape index (κ3) is 2.18. The van der Waals surface area contributed by atoms with E-state index in [1.165, 1.54) is 7.05 Å². The second-order valence-corrected chi connectivity index (χ2v) is 3.81. The molecule has 100 valence electrons. The van der Waals surface area contributed by atoms with E-state index < -0.39 is 28.7 Å². The molecule has 0 amide bonds. The molecule has 1 heterocycles. The topological polar surface area (TPSA) is 61.2 Å². The minimum absolute atomic E-state index is 0.0828. The number of carbonyl (C=O) groups excluding carboxylic acids is 1. The number of rotatable bonds is 2. The number of esters is 1. The van der Waals surface area contributed by atoms with Crippen LogP contribution in [0, 0.1) is 11.6 Å². The van der Waals surface area contributed by atoms with Crippen LogP contribution < -0.4 is 5.43 Å². The average molecular weight is 268 g/mol. The summed E-state index contributed by atoms with van der Waals surface area (Å²) < 4.78 is 32.1. The fourth-order valence-corrected chi connectivity index (χ4v) is 1.70. The highest BCUT2D eigenvalue weighted by Crippen LogP contribution is 2.15. The largest absolute Gasteiger partial charge is 0.461 e. The Kier molecular flexibility index (Phi) is 3.28. The third-order valence-corrected chi connectivity index (χ3v) is 2.57. The Hall–Kier alpha value is -2.31. The number of hydrogen-bond acceptors (Lipinski definition) is 4. The average Bonchev–Trinajstić information content (AvgIpc) is 2.36. The lowest BCUT2D eigenvalue weighted by molar-refractivity contribution is 0.0515. The van der Waals surface area contributed by atoms with Gasteiger partial charge < -0.3 is 4.74 Å². The molecule has 1 aromatic carbocycles. The molecule has 2 aromatic rings. The standard InChI is InChI=1S/C12H10F2N2O3/c1-3-19-12(18)10-11(17)6-4-7(13)8(14)5-9(6)16(2)15-10/h4-5H,3H2,1-2H3. The Balaban J connectivity index is 2.78. The fraction of sp³-hybridized carbons (Fsp3) is 0.250. The van der Waals surface area contributed by atoms with Crippen LogP contribution in [0.3, 0.4) is 0 Å². The molecular formula is C12H10F2N2O3. The lowest BCUT2D eigenvalue weighted by atomic mass is 10.2. The number of carbonyl (C=O) groups is 1. The molecule has 0 saturated carbocycles. The van der Waals surface area contributed by atoms with Gasteiger partial charge in [-0.15, -0.1) is 0 Å². The van der Waals surface area contributed by atoms with Gasteiger partial charge in [-0.3, -0.25) is 9.48 Å². The Bertz CT molecular complexity index is 725. The van der Waals surface area contributed by atoms with E-state index in [0.717, 1.165) is 16.8 Å². The van der Waals surface area contributed by atoms with Crippen molar-refractivity contribution < 1.29 is 18.3 Å². The molecule has 0 aliphatic heterocycles. The highest BCUT2D eigenvalue weighted by atomic mass is 19.2. The van der Waals surface area contributed by atoms with E-state index in [0.29, 0.717) is 0 Å². The maximum atomic E-state index is 13.2. The highest BCUT2D eigenvalue weighted by molar-refractivity contribution is 5.91. The van der Waals surface area contributed by atoms with Gasteiger partial charge in [0, 0.05) is 13.1 Å². The Labute approximate surface area is 106 Å². The van der Waals surface area contributed by atoms with Gasteiger partial charge in [0.25, 0.3) is 0 Å². The van der Waals surface area contributed by atoms with E-state index in [1.54, 1.807) is 6.92 Å². The van der Waals surface area contributed by atoms with Crippen molar-refractivity contribution >= 4 is 16.9 Å². The molecular weight excluding hydrogens is 258 g/mol. The summed E-state index contributed by atoms with van der Waals surface area (Å²) in [6.45, 7) is 1.66. The quantitative estimate of drug-likeness (QED) is 0.772. The first-order valence-corrected chi connectivity index (χ1v) is 5.49. The minimum Gasteiger partial charge on any atom is -0.461 e. The SMILES string of the molecule is CCOC(=O)c1nn(C)c2cc(F)c(F)cc2c1=O. The summed E-state index contributed by atoms with van der Waals surface area (Å²) in [5, 5.41) is 3.61. The van der Waals surface area contributed by atoms with Gasteiger partial charge in [0.2, 0.25) is 11.1 Å². The number of aryl methyl sites for hydroxylation is 1. The normalized spacial score (nSPS) is 10.7. The number of benzene rings is 1. The van der Waals surface area contributed by atoms with Crippen LogP contribution in [0.4, 0.5) is 8.78 Å². The monoisotopic (exact) mass is 268 g/mol. The van der Waals surface area contributed by atoms with Crippen molar-refractivity contribution in [2.75, 3.05) is 6.61 Å². The number of nitrogens with zero attached hydrogens (tertiary/aromatic N) is 2. The van der Waals surface area contributed by atoms with Gasteiger partial charge in [0.15, 0.2) is 11.6 Å². The summed E-state index contributed by atoms with van der Waals surface area (Å²) in [6, 6.07) is 1.60.